The normalized spacial score (nSPS) is 11.3. The summed E-state index contributed by atoms with van der Waals surface area (Å²) in [5, 5.41) is 0. The molecule has 1 aromatic carbocycles. The molecule has 0 saturated heterocycles. The highest BCUT2D eigenvalue weighted by Gasteiger charge is 2.19. The van der Waals surface area contributed by atoms with Crippen LogP contribution in [0.25, 0.3) is 22.6 Å². The van der Waals surface area contributed by atoms with Gasteiger partial charge in [0.15, 0.2) is 11.2 Å². The lowest BCUT2D eigenvalue weighted by atomic mass is 10.2. The zero-order chi connectivity index (χ0) is 15.5. The van der Waals surface area contributed by atoms with Crippen LogP contribution in [-0.2, 0) is 0 Å². The molecule has 0 atom stereocenters. The van der Waals surface area contributed by atoms with Crippen molar-refractivity contribution >= 4 is 11.2 Å². The van der Waals surface area contributed by atoms with Crippen LogP contribution in [0.5, 0.6) is 5.88 Å². The summed E-state index contributed by atoms with van der Waals surface area (Å²) in [4.78, 5) is 13.4. The Morgan fingerprint density at radius 1 is 1.14 bits per heavy atom. The fourth-order valence-corrected chi connectivity index (χ4v) is 2.47. The molecule has 0 aliphatic rings. The Bertz CT molecular complexity index is 765. The van der Waals surface area contributed by atoms with Gasteiger partial charge in [-0.2, -0.15) is 4.98 Å². The molecule has 2 aromatic heterocycles. The van der Waals surface area contributed by atoms with Crippen LogP contribution in [0.1, 0.15) is 33.2 Å². The van der Waals surface area contributed by atoms with Gasteiger partial charge in [-0.05, 0) is 20.3 Å². The largest absolute Gasteiger partial charge is 0.476 e. The third-order valence-electron chi connectivity index (χ3n) is 3.43. The molecule has 0 aliphatic heterocycles. The third-order valence-corrected chi connectivity index (χ3v) is 3.43. The molecular weight excluding hydrogens is 276 g/mol. The molecule has 0 spiro atoms. The number of imidazole rings is 1. The van der Waals surface area contributed by atoms with Crippen LogP contribution in [0.3, 0.4) is 0 Å². The molecule has 0 fully saturated rings. The van der Waals surface area contributed by atoms with Crippen molar-refractivity contribution in [3.63, 3.8) is 0 Å². The Morgan fingerprint density at radius 2 is 1.91 bits per heavy atom. The van der Waals surface area contributed by atoms with Crippen LogP contribution in [-0.4, -0.2) is 26.1 Å². The van der Waals surface area contributed by atoms with E-state index in [9.17, 15) is 0 Å². The van der Waals surface area contributed by atoms with Gasteiger partial charge in [0.2, 0.25) is 5.88 Å². The van der Waals surface area contributed by atoms with E-state index in [2.05, 4.69) is 47.4 Å². The smallest absolute Gasteiger partial charge is 0.245 e. The van der Waals surface area contributed by atoms with E-state index in [4.69, 9.17) is 9.72 Å². The Hall–Kier alpha value is -2.43. The van der Waals surface area contributed by atoms with Gasteiger partial charge in [0, 0.05) is 11.6 Å². The lowest BCUT2D eigenvalue weighted by molar-refractivity contribution is 0.308. The van der Waals surface area contributed by atoms with E-state index in [0.717, 1.165) is 29.0 Å². The Morgan fingerprint density at radius 3 is 2.59 bits per heavy atom. The number of aromatic nitrogens is 4. The summed E-state index contributed by atoms with van der Waals surface area (Å²) in [5.41, 5.74) is 2.61. The number of nitrogens with zero attached hydrogens (tertiary/aromatic N) is 4. The van der Waals surface area contributed by atoms with E-state index in [1.165, 1.54) is 0 Å². The maximum atomic E-state index is 5.73. The molecule has 22 heavy (non-hydrogen) atoms. The van der Waals surface area contributed by atoms with Gasteiger partial charge in [-0.1, -0.05) is 37.3 Å². The Labute approximate surface area is 130 Å². The molecule has 0 amide bonds. The van der Waals surface area contributed by atoms with Crippen molar-refractivity contribution in [2.75, 3.05) is 6.61 Å². The number of hydrogen-bond donors (Lipinski definition) is 0. The fraction of sp³-hybridized carbons (Fsp3) is 0.353. The lowest BCUT2D eigenvalue weighted by Crippen LogP contribution is -2.04. The molecule has 0 unspecified atom stereocenters. The first kappa shape index (κ1) is 14.5. The summed E-state index contributed by atoms with van der Waals surface area (Å²) in [6.07, 6.45) is 2.48. The molecule has 0 aliphatic carbocycles. The first-order valence-electron chi connectivity index (χ1n) is 7.63. The summed E-state index contributed by atoms with van der Waals surface area (Å²) in [5.74, 6) is 1.45. The molecule has 2 heterocycles. The van der Waals surface area contributed by atoms with Crippen LogP contribution in [0, 0.1) is 0 Å². The summed E-state index contributed by atoms with van der Waals surface area (Å²) in [6, 6.07) is 10.4. The number of rotatable bonds is 5. The van der Waals surface area contributed by atoms with Crippen molar-refractivity contribution < 1.29 is 4.74 Å². The number of benzene rings is 1. The maximum absolute atomic E-state index is 5.73. The van der Waals surface area contributed by atoms with Crippen molar-refractivity contribution in [2.24, 2.45) is 0 Å². The lowest BCUT2D eigenvalue weighted by Gasteiger charge is -2.12. The van der Waals surface area contributed by atoms with Gasteiger partial charge in [0.25, 0.3) is 0 Å². The van der Waals surface area contributed by atoms with Crippen LogP contribution in [0.4, 0.5) is 0 Å². The second kappa shape index (κ2) is 6.13. The van der Waals surface area contributed by atoms with Crippen molar-refractivity contribution in [1.29, 1.82) is 0 Å². The average molecular weight is 296 g/mol. The predicted octanol–water partition coefficient (Wildman–Crippen LogP) is 3.86. The summed E-state index contributed by atoms with van der Waals surface area (Å²) in [7, 11) is 0. The van der Waals surface area contributed by atoms with Gasteiger partial charge in [-0.3, -0.25) is 0 Å². The van der Waals surface area contributed by atoms with E-state index in [1.54, 1.807) is 6.33 Å². The maximum Gasteiger partial charge on any atom is 0.245 e. The second-order valence-corrected chi connectivity index (χ2v) is 5.46. The van der Waals surface area contributed by atoms with Crippen LogP contribution in [0.15, 0.2) is 36.7 Å². The number of hydrogen-bond acceptors (Lipinski definition) is 4. The van der Waals surface area contributed by atoms with E-state index in [0.29, 0.717) is 12.5 Å². The molecule has 5 heteroatoms. The zero-order valence-electron chi connectivity index (χ0n) is 13.2. The van der Waals surface area contributed by atoms with Crippen LogP contribution < -0.4 is 4.74 Å². The second-order valence-electron chi connectivity index (χ2n) is 5.46. The van der Waals surface area contributed by atoms with Gasteiger partial charge in [0.05, 0.1) is 6.61 Å². The SMILES string of the molecule is CCCOc1ncnc2c1nc(-c1ccccc1)n2C(C)C. The Kier molecular flexibility index (Phi) is 4.04. The molecular formula is C17H20N4O. The Balaban J connectivity index is 2.22. The van der Waals surface area contributed by atoms with Crippen molar-refractivity contribution in [3.8, 4) is 17.3 Å². The quantitative estimate of drug-likeness (QED) is 0.717. The van der Waals surface area contributed by atoms with Crippen molar-refractivity contribution in [1.82, 2.24) is 19.5 Å². The van der Waals surface area contributed by atoms with Crippen molar-refractivity contribution in [2.45, 2.75) is 33.2 Å². The molecule has 0 N–H and O–H groups in total. The van der Waals surface area contributed by atoms with Gasteiger partial charge in [0.1, 0.15) is 12.2 Å². The monoisotopic (exact) mass is 296 g/mol. The minimum atomic E-state index is 0.245. The van der Waals surface area contributed by atoms with Gasteiger partial charge in [-0.25, -0.2) is 9.97 Å². The van der Waals surface area contributed by atoms with Gasteiger partial charge in [-0.15, -0.1) is 0 Å². The molecule has 0 saturated carbocycles. The van der Waals surface area contributed by atoms with E-state index < -0.39 is 0 Å². The minimum Gasteiger partial charge on any atom is -0.476 e. The molecule has 3 aromatic rings. The highest BCUT2D eigenvalue weighted by atomic mass is 16.5. The summed E-state index contributed by atoms with van der Waals surface area (Å²) >= 11 is 0. The highest BCUT2D eigenvalue weighted by molar-refractivity contribution is 5.81. The number of fused-ring (bicyclic) bond motifs is 1. The van der Waals surface area contributed by atoms with Crippen LogP contribution >= 0.6 is 0 Å². The summed E-state index contributed by atoms with van der Waals surface area (Å²) < 4.78 is 7.86. The van der Waals surface area contributed by atoms with E-state index >= 15 is 0 Å². The zero-order valence-corrected chi connectivity index (χ0v) is 13.2. The molecule has 5 nitrogen and oxygen atoms in total. The fourth-order valence-electron chi connectivity index (χ4n) is 2.47. The average Bonchev–Trinajstić information content (AvgIpc) is 2.94. The first-order valence-corrected chi connectivity index (χ1v) is 7.63. The molecule has 114 valence electrons. The number of ether oxygens (including phenoxy) is 1. The van der Waals surface area contributed by atoms with Gasteiger partial charge >= 0.3 is 0 Å². The highest BCUT2D eigenvalue weighted by Crippen LogP contribution is 2.30. The topological polar surface area (TPSA) is 52.8 Å². The van der Waals surface area contributed by atoms with Crippen LogP contribution in [0.2, 0.25) is 0 Å². The van der Waals surface area contributed by atoms with Gasteiger partial charge < -0.3 is 9.30 Å². The minimum absolute atomic E-state index is 0.245. The molecule has 0 bridgehead atoms. The predicted molar refractivity (Wildman–Crippen MR) is 86.9 cm³/mol. The first-order chi connectivity index (χ1) is 10.7. The standard InChI is InChI=1S/C17H20N4O/c1-4-10-22-17-14-16(18-11-19-17)21(12(2)3)15(20-14)13-8-6-5-7-9-13/h5-9,11-12H,4,10H2,1-3H3. The molecule has 3 rings (SSSR count). The third kappa shape index (κ3) is 2.54. The van der Waals surface area contributed by atoms with E-state index in [-0.39, 0.29) is 6.04 Å². The van der Waals surface area contributed by atoms with Crippen molar-refractivity contribution in [3.05, 3.63) is 36.7 Å². The van der Waals surface area contributed by atoms with E-state index in [1.807, 2.05) is 18.2 Å². The summed E-state index contributed by atoms with van der Waals surface area (Å²) in [6.45, 7) is 6.95. The molecule has 0 radical (unpaired) electrons.